The summed E-state index contributed by atoms with van der Waals surface area (Å²) in [6, 6.07) is 11.2. The topological polar surface area (TPSA) is 56.5 Å². The second kappa shape index (κ2) is 5.84. The van der Waals surface area contributed by atoms with Crippen LogP contribution in [0.1, 0.15) is 0 Å². The molecule has 0 aliphatic heterocycles. The van der Waals surface area contributed by atoms with Gasteiger partial charge in [0, 0.05) is 10.5 Å². The summed E-state index contributed by atoms with van der Waals surface area (Å²) in [5, 5.41) is 3.25. The van der Waals surface area contributed by atoms with Gasteiger partial charge in [-0.1, -0.05) is 15.9 Å². The molecule has 2 aromatic rings. The van der Waals surface area contributed by atoms with Gasteiger partial charge >= 0.3 is 0 Å². The number of halogens is 1. The number of hydrogen-bond donors (Lipinski definition) is 2. The molecule has 0 spiro atoms. The Morgan fingerprint density at radius 3 is 2.42 bits per heavy atom. The van der Waals surface area contributed by atoms with Crippen molar-refractivity contribution in [2.24, 2.45) is 0 Å². The molecule has 0 saturated heterocycles. The third-order valence-electron chi connectivity index (χ3n) is 2.69. The molecule has 2 rings (SSSR count). The number of benzene rings is 2. The molecule has 0 heterocycles. The SMILES string of the molecule is COc1ccc(Nc2cc(Br)ccc2OC)c(N)c1. The lowest BCUT2D eigenvalue weighted by Gasteiger charge is -2.14. The molecule has 2 aromatic carbocycles. The van der Waals surface area contributed by atoms with Crippen LogP contribution in [0.2, 0.25) is 0 Å². The van der Waals surface area contributed by atoms with Gasteiger partial charge in [-0.05, 0) is 30.3 Å². The summed E-state index contributed by atoms with van der Waals surface area (Å²) in [7, 11) is 3.24. The highest BCUT2D eigenvalue weighted by Gasteiger charge is 2.07. The van der Waals surface area contributed by atoms with Crippen LogP contribution in [0.3, 0.4) is 0 Å². The van der Waals surface area contributed by atoms with E-state index < -0.39 is 0 Å². The van der Waals surface area contributed by atoms with Crippen molar-refractivity contribution in [3.05, 3.63) is 40.9 Å². The van der Waals surface area contributed by atoms with Crippen LogP contribution in [0.25, 0.3) is 0 Å². The Labute approximate surface area is 120 Å². The van der Waals surface area contributed by atoms with Crippen LogP contribution in [0.5, 0.6) is 11.5 Å². The van der Waals surface area contributed by atoms with E-state index in [9.17, 15) is 0 Å². The summed E-state index contributed by atoms with van der Waals surface area (Å²) in [5.74, 6) is 1.47. The maximum atomic E-state index is 5.98. The third-order valence-corrected chi connectivity index (χ3v) is 3.18. The lowest BCUT2D eigenvalue weighted by molar-refractivity contribution is 0.415. The molecule has 0 aromatic heterocycles. The molecular weight excluding hydrogens is 308 g/mol. The van der Waals surface area contributed by atoms with Crippen molar-refractivity contribution < 1.29 is 9.47 Å². The zero-order chi connectivity index (χ0) is 13.8. The van der Waals surface area contributed by atoms with E-state index in [1.807, 2.05) is 30.3 Å². The van der Waals surface area contributed by atoms with E-state index in [4.69, 9.17) is 15.2 Å². The third kappa shape index (κ3) is 3.12. The van der Waals surface area contributed by atoms with Crippen molar-refractivity contribution in [3.63, 3.8) is 0 Å². The smallest absolute Gasteiger partial charge is 0.142 e. The van der Waals surface area contributed by atoms with E-state index >= 15 is 0 Å². The van der Waals surface area contributed by atoms with E-state index in [0.29, 0.717) is 5.69 Å². The van der Waals surface area contributed by atoms with Crippen molar-refractivity contribution in [1.29, 1.82) is 0 Å². The van der Waals surface area contributed by atoms with Crippen molar-refractivity contribution >= 4 is 33.0 Å². The standard InChI is InChI=1S/C14H15BrN2O2/c1-18-10-4-5-12(11(16)8-10)17-13-7-9(15)3-6-14(13)19-2/h3-8,17H,16H2,1-2H3. The summed E-state index contributed by atoms with van der Waals surface area (Å²) >= 11 is 3.43. The first-order valence-corrected chi connectivity index (χ1v) is 6.47. The predicted molar refractivity (Wildman–Crippen MR) is 81.4 cm³/mol. The highest BCUT2D eigenvalue weighted by molar-refractivity contribution is 9.10. The molecule has 19 heavy (non-hydrogen) atoms. The average Bonchev–Trinajstić information content (AvgIpc) is 2.41. The monoisotopic (exact) mass is 322 g/mol. The van der Waals surface area contributed by atoms with Crippen LogP contribution in [0, 0.1) is 0 Å². The van der Waals surface area contributed by atoms with Gasteiger partial charge in [0.2, 0.25) is 0 Å². The van der Waals surface area contributed by atoms with Gasteiger partial charge in [0.05, 0.1) is 31.3 Å². The van der Waals surface area contributed by atoms with Gasteiger partial charge in [-0.25, -0.2) is 0 Å². The van der Waals surface area contributed by atoms with Crippen molar-refractivity contribution in [2.75, 3.05) is 25.3 Å². The molecule has 0 amide bonds. The van der Waals surface area contributed by atoms with Crippen molar-refractivity contribution in [3.8, 4) is 11.5 Å². The zero-order valence-electron chi connectivity index (χ0n) is 10.7. The first kappa shape index (κ1) is 13.5. The van der Waals surface area contributed by atoms with E-state index in [0.717, 1.165) is 27.3 Å². The minimum atomic E-state index is 0.612. The molecule has 0 aliphatic carbocycles. The first-order chi connectivity index (χ1) is 9.13. The molecule has 0 atom stereocenters. The molecule has 0 radical (unpaired) electrons. The average molecular weight is 323 g/mol. The lowest BCUT2D eigenvalue weighted by Crippen LogP contribution is -1.99. The molecule has 0 fully saturated rings. The molecule has 5 heteroatoms. The van der Waals surface area contributed by atoms with Crippen LogP contribution in [0.15, 0.2) is 40.9 Å². The molecule has 4 nitrogen and oxygen atoms in total. The van der Waals surface area contributed by atoms with Crippen LogP contribution < -0.4 is 20.5 Å². The molecule has 0 unspecified atom stereocenters. The molecule has 3 N–H and O–H groups in total. The summed E-state index contributed by atoms with van der Waals surface area (Å²) in [6.07, 6.45) is 0. The Kier molecular flexibility index (Phi) is 4.16. The fraction of sp³-hybridized carbons (Fsp3) is 0.143. The van der Waals surface area contributed by atoms with E-state index in [2.05, 4.69) is 21.2 Å². The normalized spacial score (nSPS) is 10.1. The second-order valence-corrected chi connectivity index (χ2v) is 4.84. The van der Waals surface area contributed by atoms with Gasteiger partial charge in [-0.3, -0.25) is 0 Å². The highest BCUT2D eigenvalue weighted by atomic mass is 79.9. The largest absolute Gasteiger partial charge is 0.497 e. The fourth-order valence-corrected chi connectivity index (χ4v) is 2.07. The number of nitrogens with two attached hydrogens (primary N) is 1. The number of nitrogens with one attached hydrogen (secondary N) is 1. The second-order valence-electron chi connectivity index (χ2n) is 3.92. The van der Waals surface area contributed by atoms with Gasteiger partial charge in [-0.2, -0.15) is 0 Å². The minimum Gasteiger partial charge on any atom is -0.497 e. The van der Waals surface area contributed by atoms with Crippen LogP contribution in [-0.2, 0) is 0 Å². The van der Waals surface area contributed by atoms with Gasteiger partial charge in [-0.15, -0.1) is 0 Å². The van der Waals surface area contributed by atoms with Crippen molar-refractivity contribution in [1.82, 2.24) is 0 Å². The van der Waals surface area contributed by atoms with Gasteiger partial charge in [0.15, 0.2) is 0 Å². The number of rotatable bonds is 4. The van der Waals surface area contributed by atoms with Gasteiger partial charge in [0.25, 0.3) is 0 Å². The van der Waals surface area contributed by atoms with Gasteiger partial charge < -0.3 is 20.5 Å². The summed E-state index contributed by atoms with van der Waals surface area (Å²) < 4.78 is 11.4. The number of methoxy groups -OCH3 is 2. The fourth-order valence-electron chi connectivity index (χ4n) is 1.70. The maximum Gasteiger partial charge on any atom is 0.142 e. The maximum absolute atomic E-state index is 5.98. The summed E-state index contributed by atoms with van der Waals surface area (Å²) in [4.78, 5) is 0. The molecular formula is C14H15BrN2O2. The Balaban J connectivity index is 2.33. The van der Waals surface area contributed by atoms with E-state index in [1.54, 1.807) is 20.3 Å². The minimum absolute atomic E-state index is 0.612. The van der Waals surface area contributed by atoms with Gasteiger partial charge in [0.1, 0.15) is 11.5 Å². The molecule has 0 saturated carbocycles. The number of nitrogen functional groups attached to an aromatic ring is 1. The van der Waals surface area contributed by atoms with Crippen LogP contribution in [-0.4, -0.2) is 14.2 Å². The lowest BCUT2D eigenvalue weighted by atomic mass is 10.2. The Morgan fingerprint density at radius 1 is 1.00 bits per heavy atom. The van der Waals surface area contributed by atoms with E-state index in [-0.39, 0.29) is 0 Å². The zero-order valence-corrected chi connectivity index (χ0v) is 12.3. The number of hydrogen-bond acceptors (Lipinski definition) is 4. The summed E-state index contributed by atoms with van der Waals surface area (Å²) in [6.45, 7) is 0. The molecule has 0 aliphatic rings. The predicted octanol–water partition coefficient (Wildman–Crippen LogP) is 3.79. The number of ether oxygens (including phenoxy) is 2. The summed E-state index contributed by atoms with van der Waals surface area (Å²) in [5.41, 5.74) is 8.24. The quantitative estimate of drug-likeness (QED) is 0.841. The van der Waals surface area contributed by atoms with Crippen molar-refractivity contribution in [2.45, 2.75) is 0 Å². The van der Waals surface area contributed by atoms with Crippen LogP contribution in [0.4, 0.5) is 17.1 Å². The Bertz CT molecular complexity index is 588. The van der Waals surface area contributed by atoms with E-state index in [1.165, 1.54) is 0 Å². The highest BCUT2D eigenvalue weighted by Crippen LogP contribution is 2.33. The first-order valence-electron chi connectivity index (χ1n) is 5.68. The van der Waals surface area contributed by atoms with Crippen LogP contribution >= 0.6 is 15.9 Å². The Hall–Kier alpha value is -1.88. The number of anilines is 3. The molecule has 100 valence electrons. The molecule has 0 bridgehead atoms. The Morgan fingerprint density at radius 2 is 1.79 bits per heavy atom.